The van der Waals surface area contributed by atoms with E-state index in [1.165, 1.54) is 4.90 Å². The molecule has 0 aromatic heterocycles. The van der Waals surface area contributed by atoms with Gasteiger partial charge >= 0.3 is 6.09 Å². The zero-order chi connectivity index (χ0) is 14.6. The molecule has 0 saturated carbocycles. The minimum Gasteiger partial charge on any atom is -1.00 e. The fourth-order valence-corrected chi connectivity index (χ4v) is 1.81. The third-order valence-electron chi connectivity index (χ3n) is 3.75. The van der Waals surface area contributed by atoms with E-state index < -0.39 is 0 Å². The molecule has 1 aromatic carbocycles. The lowest BCUT2D eigenvalue weighted by atomic mass is 10.1. The van der Waals surface area contributed by atoms with E-state index in [1.807, 2.05) is 19.1 Å². The number of quaternary nitrogens is 1. The lowest BCUT2D eigenvalue weighted by Crippen LogP contribution is -3.00. The summed E-state index contributed by atoms with van der Waals surface area (Å²) in [6, 6.07) is 6.09. The van der Waals surface area contributed by atoms with Crippen LogP contribution >= 0.6 is 0 Å². The molecular formula is C15H25IN2O2. The summed E-state index contributed by atoms with van der Waals surface area (Å²) in [5, 5.41) is 0. The zero-order valence-corrected chi connectivity index (χ0v) is 15.4. The minimum atomic E-state index is -0.345. The second-order valence-electron chi connectivity index (χ2n) is 5.24. The highest BCUT2D eigenvalue weighted by atomic mass is 127. The molecule has 0 unspecified atom stereocenters. The Morgan fingerprint density at radius 2 is 1.80 bits per heavy atom. The van der Waals surface area contributed by atoms with Crippen LogP contribution in [0.3, 0.4) is 0 Å². The van der Waals surface area contributed by atoms with Gasteiger partial charge in [-0.25, -0.2) is 4.79 Å². The van der Waals surface area contributed by atoms with Crippen molar-refractivity contribution in [2.75, 3.05) is 34.2 Å². The van der Waals surface area contributed by atoms with Gasteiger partial charge in [0.15, 0.2) is 0 Å². The van der Waals surface area contributed by atoms with Crippen LogP contribution in [0.1, 0.15) is 19.4 Å². The van der Waals surface area contributed by atoms with E-state index in [4.69, 9.17) is 4.74 Å². The summed E-state index contributed by atoms with van der Waals surface area (Å²) < 4.78 is 6.23. The molecule has 5 heteroatoms. The van der Waals surface area contributed by atoms with E-state index in [-0.39, 0.29) is 30.1 Å². The first-order valence-corrected chi connectivity index (χ1v) is 6.69. The Morgan fingerprint density at radius 1 is 1.25 bits per heavy atom. The first-order valence-electron chi connectivity index (χ1n) is 6.69. The molecule has 0 spiro atoms. The van der Waals surface area contributed by atoms with Crippen molar-refractivity contribution in [2.45, 2.75) is 20.8 Å². The number of carbonyl (C=O) groups is 1. The molecule has 1 amide bonds. The lowest BCUT2D eigenvalue weighted by molar-refractivity contribution is -0.00000921. The average molecular weight is 392 g/mol. The molecule has 0 aliphatic heterocycles. The van der Waals surface area contributed by atoms with E-state index in [1.54, 1.807) is 14.1 Å². The van der Waals surface area contributed by atoms with Gasteiger partial charge in [0.25, 0.3) is 0 Å². The molecule has 1 rings (SSSR count). The number of rotatable bonds is 4. The van der Waals surface area contributed by atoms with Gasteiger partial charge in [0.05, 0.1) is 20.1 Å². The van der Waals surface area contributed by atoms with Gasteiger partial charge in [-0.2, -0.15) is 0 Å². The van der Waals surface area contributed by atoms with Gasteiger partial charge in [-0.15, -0.1) is 0 Å². The predicted octanol–water partition coefficient (Wildman–Crippen LogP) is 0.0363. The molecule has 0 heterocycles. The minimum absolute atomic E-state index is 0. The van der Waals surface area contributed by atoms with Crippen LogP contribution in [0.25, 0.3) is 0 Å². The van der Waals surface area contributed by atoms with Gasteiger partial charge in [0, 0.05) is 20.2 Å². The first kappa shape index (κ1) is 19.2. The topological polar surface area (TPSA) is 29.5 Å². The van der Waals surface area contributed by atoms with E-state index in [2.05, 4.69) is 27.0 Å². The highest BCUT2D eigenvalue weighted by Crippen LogP contribution is 2.28. The molecule has 1 aromatic rings. The second kappa shape index (κ2) is 7.83. The summed E-state index contributed by atoms with van der Waals surface area (Å²) in [6.45, 7) is 8.27. The number of ether oxygens (including phenoxy) is 1. The highest BCUT2D eigenvalue weighted by Gasteiger charge is 2.22. The van der Waals surface area contributed by atoms with E-state index >= 15 is 0 Å². The molecule has 114 valence electrons. The van der Waals surface area contributed by atoms with Crippen LogP contribution in [0, 0.1) is 6.92 Å². The summed E-state index contributed by atoms with van der Waals surface area (Å²) >= 11 is 0. The summed E-state index contributed by atoms with van der Waals surface area (Å²) in [4.78, 5) is 13.1. The number of aryl methyl sites for hydroxylation is 1. The molecule has 0 bridgehead atoms. The van der Waals surface area contributed by atoms with E-state index in [9.17, 15) is 4.79 Å². The molecule has 0 atom stereocenters. The Labute approximate surface area is 139 Å². The van der Waals surface area contributed by atoms with Crippen molar-refractivity contribution in [3.63, 3.8) is 0 Å². The van der Waals surface area contributed by atoms with Crippen molar-refractivity contribution >= 4 is 11.8 Å². The van der Waals surface area contributed by atoms with Gasteiger partial charge in [-0.05, 0) is 38.5 Å². The van der Waals surface area contributed by atoms with Crippen LogP contribution in [0.2, 0.25) is 0 Å². The Morgan fingerprint density at radius 3 is 2.25 bits per heavy atom. The molecule has 4 nitrogen and oxygen atoms in total. The molecule has 0 saturated heterocycles. The summed E-state index contributed by atoms with van der Waals surface area (Å²) in [5.74, 6) is 0.641. The fraction of sp³-hybridized carbons (Fsp3) is 0.533. The SMILES string of the molecule is CC[N+](C)(CC)c1ccc(C)c(OC(=O)N(C)C)c1.[I-]. The van der Waals surface area contributed by atoms with E-state index in [0.29, 0.717) is 5.75 Å². The third-order valence-corrected chi connectivity index (χ3v) is 3.75. The van der Waals surface area contributed by atoms with Crippen molar-refractivity contribution in [2.24, 2.45) is 0 Å². The Balaban J connectivity index is 0.00000361. The zero-order valence-electron chi connectivity index (χ0n) is 13.2. The van der Waals surface area contributed by atoms with Crippen molar-refractivity contribution in [3.05, 3.63) is 23.8 Å². The monoisotopic (exact) mass is 392 g/mol. The van der Waals surface area contributed by atoms with Crippen molar-refractivity contribution in [1.29, 1.82) is 0 Å². The van der Waals surface area contributed by atoms with Crippen LogP contribution in [-0.4, -0.2) is 45.2 Å². The second-order valence-corrected chi connectivity index (χ2v) is 5.24. The van der Waals surface area contributed by atoms with Crippen molar-refractivity contribution in [1.82, 2.24) is 9.38 Å². The smallest absolute Gasteiger partial charge is 0.414 e. The number of amides is 1. The number of benzene rings is 1. The number of hydrogen-bond donors (Lipinski definition) is 0. The standard InChI is InChI=1S/C15H25N2O2.HI/c1-7-17(6,8-2)13-10-9-12(3)14(11-13)19-15(18)16(4)5;/h9-11H,7-8H2,1-6H3;1H/q+1;/p-1. The van der Waals surface area contributed by atoms with Gasteiger partial charge in [0.2, 0.25) is 0 Å². The Kier molecular flexibility index (Phi) is 7.51. The number of carbonyl (C=O) groups excluding carboxylic acids is 1. The van der Waals surface area contributed by atoms with Crippen LogP contribution in [0.4, 0.5) is 10.5 Å². The first-order chi connectivity index (χ1) is 8.84. The molecular weight excluding hydrogens is 367 g/mol. The average Bonchev–Trinajstić information content (AvgIpc) is 2.40. The predicted molar refractivity (Wildman–Crippen MR) is 79.7 cm³/mol. The Bertz CT molecular complexity index is 457. The van der Waals surface area contributed by atoms with Crippen LogP contribution in [-0.2, 0) is 0 Å². The highest BCUT2D eigenvalue weighted by molar-refractivity contribution is 5.71. The number of nitrogens with zero attached hydrogens (tertiary/aromatic N) is 2. The summed E-state index contributed by atoms with van der Waals surface area (Å²) in [7, 11) is 5.54. The van der Waals surface area contributed by atoms with Crippen molar-refractivity contribution < 1.29 is 33.5 Å². The lowest BCUT2D eigenvalue weighted by Gasteiger charge is -2.32. The number of hydrogen-bond acceptors (Lipinski definition) is 2. The van der Waals surface area contributed by atoms with Gasteiger partial charge in [-0.1, -0.05) is 0 Å². The van der Waals surface area contributed by atoms with Gasteiger partial charge in [0.1, 0.15) is 11.4 Å². The maximum absolute atomic E-state index is 11.7. The summed E-state index contributed by atoms with van der Waals surface area (Å²) in [6.07, 6.45) is -0.345. The molecule has 0 radical (unpaired) electrons. The summed E-state index contributed by atoms with van der Waals surface area (Å²) in [5.41, 5.74) is 2.13. The van der Waals surface area contributed by atoms with Gasteiger partial charge < -0.3 is 33.6 Å². The molecule has 0 aliphatic carbocycles. The fourth-order valence-electron chi connectivity index (χ4n) is 1.81. The van der Waals surface area contributed by atoms with Crippen LogP contribution < -0.4 is 33.2 Å². The number of halogens is 1. The molecule has 20 heavy (non-hydrogen) atoms. The maximum Gasteiger partial charge on any atom is 0.414 e. The molecule has 0 N–H and O–H groups in total. The quantitative estimate of drug-likeness (QED) is 0.535. The van der Waals surface area contributed by atoms with Crippen LogP contribution in [0.5, 0.6) is 5.75 Å². The van der Waals surface area contributed by atoms with Crippen molar-refractivity contribution in [3.8, 4) is 5.75 Å². The molecule has 0 aliphatic rings. The maximum atomic E-state index is 11.7. The largest absolute Gasteiger partial charge is 1.00 e. The van der Waals surface area contributed by atoms with Crippen LogP contribution in [0.15, 0.2) is 18.2 Å². The van der Waals surface area contributed by atoms with E-state index in [0.717, 1.165) is 28.8 Å². The molecule has 0 fully saturated rings. The van der Waals surface area contributed by atoms with Gasteiger partial charge in [-0.3, -0.25) is 4.48 Å². The normalized spacial score (nSPS) is 10.7. The Hall–Kier alpha value is -0.820. The third kappa shape index (κ3) is 4.34.